The van der Waals surface area contributed by atoms with Gasteiger partial charge >= 0.3 is 0 Å². The minimum absolute atomic E-state index is 0.00180. The summed E-state index contributed by atoms with van der Waals surface area (Å²) in [4.78, 5) is 27.7. The molecule has 156 valence electrons. The van der Waals surface area contributed by atoms with Gasteiger partial charge in [0.1, 0.15) is 11.8 Å². The largest absolute Gasteiger partial charge is 0.497 e. The van der Waals surface area contributed by atoms with E-state index in [1.165, 1.54) is 0 Å². The van der Waals surface area contributed by atoms with Gasteiger partial charge in [0, 0.05) is 17.6 Å². The molecule has 0 radical (unpaired) electrons. The Morgan fingerprint density at radius 2 is 1.76 bits per heavy atom. The Bertz CT molecular complexity index is 821. The molecule has 2 aromatic carbocycles. The number of halogens is 1. The van der Waals surface area contributed by atoms with E-state index in [2.05, 4.69) is 5.32 Å². The smallest absolute Gasteiger partial charge is 0.243 e. The zero-order valence-electron chi connectivity index (χ0n) is 17.4. The first-order chi connectivity index (χ1) is 13.8. The minimum atomic E-state index is -0.561. The van der Waals surface area contributed by atoms with Crippen molar-refractivity contribution in [3.63, 3.8) is 0 Å². The standard InChI is InChI=1S/C23H29ClN2O3/c1-5-21(23(28)25-16(2)3)26(15-17-10-12-19(29-4)13-11-17)22(27)14-18-8-6-7-9-20(18)24/h6-13,16,21H,5,14-15H2,1-4H3,(H,25,28)/t21-/m1/s1. The third kappa shape index (κ3) is 6.50. The highest BCUT2D eigenvalue weighted by molar-refractivity contribution is 6.31. The average molecular weight is 417 g/mol. The van der Waals surface area contributed by atoms with Crippen molar-refractivity contribution in [2.75, 3.05) is 7.11 Å². The Balaban J connectivity index is 2.30. The number of nitrogens with zero attached hydrogens (tertiary/aromatic N) is 1. The molecule has 0 saturated heterocycles. The Labute approximate surface area is 178 Å². The molecule has 1 atom stereocenters. The Morgan fingerprint density at radius 3 is 2.31 bits per heavy atom. The molecule has 0 unspecified atom stereocenters. The van der Waals surface area contributed by atoms with Gasteiger partial charge in [-0.05, 0) is 49.6 Å². The van der Waals surface area contributed by atoms with Crippen LogP contribution >= 0.6 is 11.6 Å². The molecule has 0 aliphatic heterocycles. The van der Waals surface area contributed by atoms with Crippen LogP contribution in [0.15, 0.2) is 48.5 Å². The average Bonchev–Trinajstić information content (AvgIpc) is 2.69. The molecule has 0 bridgehead atoms. The molecule has 29 heavy (non-hydrogen) atoms. The van der Waals surface area contributed by atoms with Gasteiger partial charge in [0.15, 0.2) is 0 Å². The quantitative estimate of drug-likeness (QED) is 0.665. The summed E-state index contributed by atoms with van der Waals surface area (Å²) < 4.78 is 5.21. The van der Waals surface area contributed by atoms with E-state index in [9.17, 15) is 9.59 Å². The van der Waals surface area contributed by atoms with Crippen LogP contribution in [0.3, 0.4) is 0 Å². The second kappa shape index (κ2) is 10.9. The maximum atomic E-state index is 13.2. The molecule has 2 amide bonds. The van der Waals surface area contributed by atoms with Gasteiger partial charge in [0.05, 0.1) is 13.5 Å². The summed E-state index contributed by atoms with van der Waals surface area (Å²) in [5.74, 6) is 0.454. The number of nitrogens with one attached hydrogen (secondary N) is 1. The van der Waals surface area contributed by atoms with Crippen LogP contribution < -0.4 is 10.1 Å². The summed E-state index contributed by atoms with van der Waals surface area (Å²) in [6.07, 6.45) is 0.657. The number of rotatable bonds is 9. The third-order valence-corrected chi connectivity index (χ3v) is 5.00. The topological polar surface area (TPSA) is 58.6 Å². The van der Waals surface area contributed by atoms with Crippen LogP contribution in [0.1, 0.15) is 38.3 Å². The molecule has 0 spiro atoms. The zero-order chi connectivity index (χ0) is 21.4. The number of amides is 2. The zero-order valence-corrected chi connectivity index (χ0v) is 18.2. The maximum Gasteiger partial charge on any atom is 0.243 e. The lowest BCUT2D eigenvalue weighted by atomic mass is 10.1. The molecule has 0 fully saturated rings. The van der Waals surface area contributed by atoms with Crippen LogP contribution in [0.2, 0.25) is 5.02 Å². The van der Waals surface area contributed by atoms with Crippen molar-refractivity contribution in [1.29, 1.82) is 0 Å². The van der Waals surface area contributed by atoms with Crippen molar-refractivity contribution in [2.24, 2.45) is 0 Å². The lowest BCUT2D eigenvalue weighted by Crippen LogP contribution is -2.50. The molecule has 6 heteroatoms. The van der Waals surface area contributed by atoms with E-state index in [1.54, 1.807) is 18.1 Å². The first-order valence-electron chi connectivity index (χ1n) is 9.81. The second-order valence-corrected chi connectivity index (χ2v) is 7.63. The fourth-order valence-corrected chi connectivity index (χ4v) is 3.34. The van der Waals surface area contributed by atoms with E-state index < -0.39 is 6.04 Å². The van der Waals surface area contributed by atoms with Crippen LogP contribution in [0.4, 0.5) is 0 Å². The van der Waals surface area contributed by atoms with Crippen LogP contribution in [0.25, 0.3) is 0 Å². The molecule has 0 saturated carbocycles. The van der Waals surface area contributed by atoms with Crippen LogP contribution in [-0.4, -0.2) is 35.9 Å². The normalized spacial score (nSPS) is 11.8. The van der Waals surface area contributed by atoms with E-state index in [4.69, 9.17) is 16.3 Å². The van der Waals surface area contributed by atoms with Gasteiger partial charge in [-0.15, -0.1) is 0 Å². The second-order valence-electron chi connectivity index (χ2n) is 7.23. The summed E-state index contributed by atoms with van der Waals surface area (Å²) in [6.45, 7) is 6.06. The van der Waals surface area contributed by atoms with Crippen molar-refractivity contribution in [1.82, 2.24) is 10.2 Å². The molecule has 0 aromatic heterocycles. The minimum Gasteiger partial charge on any atom is -0.497 e. The Hall–Kier alpha value is -2.53. The highest BCUT2D eigenvalue weighted by Gasteiger charge is 2.29. The van der Waals surface area contributed by atoms with Crippen molar-refractivity contribution in [2.45, 2.75) is 52.2 Å². The van der Waals surface area contributed by atoms with Gasteiger partial charge < -0.3 is 15.0 Å². The molecule has 0 heterocycles. The molecule has 0 aliphatic rings. The van der Waals surface area contributed by atoms with Gasteiger partial charge in [-0.3, -0.25) is 9.59 Å². The van der Waals surface area contributed by atoms with Crippen LogP contribution in [0, 0.1) is 0 Å². The molecule has 0 aliphatic carbocycles. The van der Waals surface area contributed by atoms with Crippen LogP contribution in [-0.2, 0) is 22.6 Å². The molecule has 5 nitrogen and oxygen atoms in total. The number of hydrogen-bond donors (Lipinski definition) is 1. The van der Waals surface area contributed by atoms with Crippen molar-refractivity contribution in [3.05, 3.63) is 64.7 Å². The highest BCUT2D eigenvalue weighted by atomic mass is 35.5. The molecular formula is C23H29ClN2O3. The SMILES string of the molecule is CC[C@H](C(=O)NC(C)C)N(Cc1ccc(OC)cc1)C(=O)Cc1ccccc1Cl. The lowest BCUT2D eigenvalue weighted by molar-refractivity contribution is -0.141. The van der Waals surface area contributed by atoms with E-state index in [-0.39, 0.29) is 24.3 Å². The summed E-state index contributed by atoms with van der Waals surface area (Å²) in [7, 11) is 1.61. The fraction of sp³-hybridized carbons (Fsp3) is 0.391. The number of benzene rings is 2. The first kappa shape index (κ1) is 22.8. The van der Waals surface area contributed by atoms with E-state index >= 15 is 0 Å². The summed E-state index contributed by atoms with van der Waals surface area (Å²) in [5.41, 5.74) is 1.67. The number of carbonyl (C=O) groups is 2. The number of carbonyl (C=O) groups excluding carboxylic acids is 2. The predicted octanol–water partition coefficient (Wildman–Crippen LogP) is 4.22. The van der Waals surface area contributed by atoms with E-state index in [0.29, 0.717) is 18.0 Å². The number of ether oxygens (including phenoxy) is 1. The highest BCUT2D eigenvalue weighted by Crippen LogP contribution is 2.20. The molecule has 1 N–H and O–H groups in total. The predicted molar refractivity (Wildman–Crippen MR) is 116 cm³/mol. The van der Waals surface area contributed by atoms with E-state index in [1.807, 2.05) is 63.2 Å². The number of methoxy groups -OCH3 is 1. The lowest BCUT2D eigenvalue weighted by Gasteiger charge is -2.31. The van der Waals surface area contributed by atoms with Gasteiger partial charge in [-0.2, -0.15) is 0 Å². The number of hydrogen-bond acceptors (Lipinski definition) is 3. The summed E-state index contributed by atoms with van der Waals surface area (Å²) in [5, 5.41) is 3.48. The van der Waals surface area contributed by atoms with Crippen molar-refractivity contribution in [3.8, 4) is 5.75 Å². The van der Waals surface area contributed by atoms with Gasteiger partial charge in [-0.1, -0.05) is 48.9 Å². The molecule has 2 rings (SSSR count). The van der Waals surface area contributed by atoms with E-state index in [0.717, 1.165) is 16.9 Å². The Morgan fingerprint density at radius 1 is 1.10 bits per heavy atom. The summed E-state index contributed by atoms with van der Waals surface area (Å²) in [6, 6.07) is 14.2. The Kier molecular flexibility index (Phi) is 8.52. The van der Waals surface area contributed by atoms with Gasteiger partial charge in [0.25, 0.3) is 0 Å². The molecular weight excluding hydrogens is 388 g/mol. The molecule has 2 aromatic rings. The van der Waals surface area contributed by atoms with Gasteiger partial charge in [-0.25, -0.2) is 0 Å². The first-order valence-corrected chi connectivity index (χ1v) is 10.2. The maximum absolute atomic E-state index is 13.2. The van der Waals surface area contributed by atoms with Crippen molar-refractivity contribution >= 4 is 23.4 Å². The van der Waals surface area contributed by atoms with Gasteiger partial charge in [0.2, 0.25) is 11.8 Å². The third-order valence-electron chi connectivity index (χ3n) is 4.63. The van der Waals surface area contributed by atoms with Crippen LogP contribution in [0.5, 0.6) is 5.75 Å². The van der Waals surface area contributed by atoms with Crippen molar-refractivity contribution < 1.29 is 14.3 Å². The summed E-state index contributed by atoms with van der Waals surface area (Å²) >= 11 is 6.25. The monoisotopic (exact) mass is 416 g/mol. The fourth-order valence-electron chi connectivity index (χ4n) is 3.13.